The minimum Gasteiger partial charge on any atom is -0.483 e. The molecule has 1 amide bonds. The van der Waals surface area contributed by atoms with Crippen molar-refractivity contribution < 1.29 is 9.53 Å². The third-order valence-corrected chi connectivity index (χ3v) is 5.97. The Labute approximate surface area is 191 Å². The number of nitrogens with one attached hydrogen (secondary N) is 1. The lowest BCUT2D eigenvalue weighted by Crippen LogP contribution is -2.16. The van der Waals surface area contributed by atoms with Crippen LogP contribution < -0.4 is 10.1 Å². The van der Waals surface area contributed by atoms with Gasteiger partial charge in [-0.15, -0.1) is 16.8 Å². The van der Waals surface area contributed by atoms with Gasteiger partial charge in [-0.1, -0.05) is 47.6 Å². The first-order valence-electron chi connectivity index (χ1n) is 9.84. The van der Waals surface area contributed by atoms with Crippen LogP contribution in [-0.4, -0.2) is 26.4 Å². The van der Waals surface area contributed by atoms with E-state index in [9.17, 15) is 4.79 Å². The molecule has 0 aliphatic carbocycles. The minimum absolute atomic E-state index is 0.144. The zero-order chi connectivity index (χ0) is 22.4. The summed E-state index contributed by atoms with van der Waals surface area (Å²) in [7, 11) is 0. The summed E-state index contributed by atoms with van der Waals surface area (Å²) >= 11 is 7.44. The van der Waals surface area contributed by atoms with E-state index in [1.807, 2.05) is 55.7 Å². The number of carbonyl (C=O) groups excluding carboxylic acids is 1. The van der Waals surface area contributed by atoms with E-state index in [0.717, 1.165) is 16.9 Å². The first-order valence-corrected chi connectivity index (χ1v) is 11.2. The number of aryl methyl sites for hydroxylation is 1. The summed E-state index contributed by atoms with van der Waals surface area (Å²) in [4.78, 5) is 12.5. The largest absolute Gasteiger partial charge is 0.483 e. The number of amides is 1. The molecule has 1 heterocycles. The highest BCUT2D eigenvalue weighted by atomic mass is 35.5. The Bertz CT molecular complexity index is 1080. The van der Waals surface area contributed by atoms with Gasteiger partial charge in [-0.25, -0.2) is 0 Å². The standard InChI is InChI=1S/C23H25ClN4O2S/c1-5-12-28-22(17(4)30-18-9-6-8-15(2)13-18)26-27-23(28)31-14-21(29)25-20-11-7-10-19(24)16(20)3/h5-11,13,17H,1,12,14H2,2-4H3,(H,25,29). The van der Waals surface area contributed by atoms with Crippen molar-refractivity contribution in [2.75, 3.05) is 11.1 Å². The van der Waals surface area contributed by atoms with Gasteiger partial charge in [-0.05, 0) is 56.2 Å². The van der Waals surface area contributed by atoms with Crippen molar-refractivity contribution in [2.45, 2.75) is 38.6 Å². The Morgan fingerprint density at radius 1 is 1.29 bits per heavy atom. The molecule has 162 valence electrons. The minimum atomic E-state index is -0.313. The highest BCUT2D eigenvalue weighted by molar-refractivity contribution is 7.99. The fraction of sp³-hybridized carbons (Fsp3) is 0.261. The molecule has 0 bridgehead atoms. The van der Waals surface area contributed by atoms with E-state index in [0.29, 0.717) is 28.2 Å². The summed E-state index contributed by atoms with van der Waals surface area (Å²) in [6.07, 6.45) is 1.46. The molecule has 1 aromatic heterocycles. The fourth-order valence-electron chi connectivity index (χ4n) is 3.01. The first-order chi connectivity index (χ1) is 14.9. The molecule has 0 spiro atoms. The second-order valence-corrected chi connectivity index (χ2v) is 8.42. The van der Waals surface area contributed by atoms with Gasteiger partial charge in [0.15, 0.2) is 17.1 Å². The third-order valence-electron chi connectivity index (χ3n) is 4.60. The number of nitrogens with zero attached hydrogens (tertiary/aromatic N) is 3. The maximum atomic E-state index is 12.5. The molecular weight excluding hydrogens is 432 g/mol. The normalized spacial score (nSPS) is 11.7. The molecule has 0 aliphatic rings. The Kier molecular flexibility index (Phi) is 7.76. The van der Waals surface area contributed by atoms with Gasteiger partial charge in [0.1, 0.15) is 5.75 Å². The average molecular weight is 457 g/mol. The zero-order valence-electron chi connectivity index (χ0n) is 17.8. The SMILES string of the molecule is C=CCn1c(SCC(=O)Nc2cccc(Cl)c2C)nnc1C(C)Oc1cccc(C)c1. The van der Waals surface area contributed by atoms with Crippen LogP contribution in [0.1, 0.15) is 30.0 Å². The molecule has 1 N–H and O–H groups in total. The zero-order valence-corrected chi connectivity index (χ0v) is 19.3. The monoisotopic (exact) mass is 456 g/mol. The lowest BCUT2D eigenvalue weighted by molar-refractivity contribution is -0.113. The van der Waals surface area contributed by atoms with Gasteiger partial charge in [0.05, 0.1) is 5.75 Å². The van der Waals surface area contributed by atoms with Gasteiger partial charge in [0, 0.05) is 17.3 Å². The van der Waals surface area contributed by atoms with Gasteiger partial charge < -0.3 is 10.1 Å². The van der Waals surface area contributed by atoms with Gasteiger partial charge in [-0.3, -0.25) is 9.36 Å². The molecule has 3 rings (SSSR count). The topological polar surface area (TPSA) is 69.0 Å². The van der Waals surface area contributed by atoms with Crippen molar-refractivity contribution in [3.8, 4) is 5.75 Å². The number of hydrogen-bond donors (Lipinski definition) is 1. The number of anilines is 1. The van der Waals surface area contributed by atoms with Crippen LogP contribution in [0.15, 0.2) is 60.3 Å². The average Bonchev–Trinajstić information content (AvgIpc) is 3.13. The van der Waals surface area contributed by atoms with E-state index >= 15 is 0 Å². The van der Waals surface area contributed by atoms with E-state index in [4.69, 9.17) is 16.3 Å². The molecule has 0 saturated carbocycles. The molecule has 0 radical (unpaired) electrons. The van der Waals surface area contributed by atoms with Gasteiger partial charge in [0.2, 0.25) is 5.91 Å². The van der Waals surface area contributed by atoms with E-state index in [1.54, 1.807) is 18.2 Å². The Morgan fingerprint density at radius 2 is 2.06 bits per heavy atom. The predicted molar refractivity (Wildman–Crippen MR) is 126 cm³/mol. The van der Waals surface area contributed by atoms with Crippen molar-refractivity contribution in [1.82, 2.24) is 14.8 Å². The number of allylic oxidation sites excluding steroid dienone is 1. The highest BCUT2D eigenvalue weighted by Crippen LogP contribution is 2.26. The lowest BCUT2D eigenvalue weighted by Gasteiger charge is -2.16. The van der Waals surface area contributed by atoms with Crippen LogP contribution >= 0.6 is 23.4 Å². The molecule has 1 unspecified atom stereocenters. The van der Waals surface area contributed by atoms with E-state index in [2.05, 4.69) is 22.1 Å². The summed E-state index contributed by atoms with van der Waals surface area (Å²) in [5, 5.41) is 12.7. The second kappa shape index (κ2) is 10.5. The Balaban J connectivity index is 1.68. The second-order valence-electron chi connectivity index (χ2n) is 7.07. The van der Waals surface area contributed by atoms with Crippen molar-refractivity contribution in [3.05, 3.63) is 77.1 Å². The Morgan fingerprint density at radius 3 is 2.81 bits per heavy atom. The summed E-state index contributed by atoms with van der Waals surface area (Å²) in [5.41, 5.74) is 2.66. The number of rotatable bonds is 9. The summed E-state index contributed by atoms with van der Waals surface area (Å²) in [6, 6.07) is 13.3. The highest BCUT2D eigenvalue weighted by Gasteiger charge is 2.20. The van der Waals surface area contributed by atoms with Crippen LogP contribution in [0.25, 0.3) is 0 Å². The number of aromatic nitrogens is 3. The third kappa shape index (κ3) is 5.89. The van der Waals surface area contributed by atoms with Crippen molar-refractivity contribution >= 4 is 35.0 Å². The molecule has 1 atom stereocenters. The van der Waals surface area contributed by atoms with E-state index < -0.39 is 0 Å². The van der Waals surface area contributed by atoms with Crippen LogP contribution in [0.4, 0.5) is 5.69 Å². The van der Waals surface area contributed by atoms with Crippen LogP contribution in [0.3, 0.4) is 0 Å². The van der Waals surface area contributed by atoms with Gasteiger partial charge in [-0.2, -0.15) is 0 Å². The van der Waals surface area contributed by atoms with E-state index in [-0.39, 0.29) is 17.8 Å². The maximum absolute atomic E-state index is 12.5. The van der Waals surface area contributed by atoms with Crippen molar-refractivity contribution in [3.63, 3.8) is 0 Å². The van der Waals surface area contributed by atoms with Gasteiger partial charge in [0.25, 0.3) is 0 Å². The summed E-state index contributed by atoms with van der Waals surface area (Å²) in [5.74, 6) is 1.49. The quantitative estimate of drug-likeness (QED) is 0.335. The van der Waals surface area contributed by atoms with Crippen LogP contribution in [0.5, 0.6) is 5.75 Å². The molecule has 6 nitrogen and oxygen atoms in total. The fourth-order valence-corrected chi connectivity index (χ4v) is 3.94. The molecule has 31 heavy (non-hydrogen) atoms. The van der Waals surface area contributed by atoms with Crippen LogP contribution in [0, 0.1) is 13.8 Å². The number of halogens is 1. The molecule has 0 aliphatic heterocycles. The number of thioether (sulfide) groups is 1. The summed E-state index contributed by atoms with van der Waals surface area (Å²) < 4.78 is 7.96. The van der Waals surface area contributed by atoms with Crippen molar-refractivity contribution in [1.29, 1.82) is 0 Å². The molecule has 0 saturated heterocycles. The van der Waals surface area contributed by atoms with Gasteiger partial charge >= 0.3 is 0 Å². The molecule has 0 fully saturated rings. The van der Waals surface area contributed by atoms with Crippen LogP contribution in [0.2, 0.25) is 5.02 Å². The first kappa shape index (κ1) is 22.9. The van der Waals surface area contributed by atoms with E-state index in [1.165, 1.54) is 11.8 Å². The predicted octanol–water partition coefficient (Wildman–Crippen LogP) is 5.61. The molecule has 2 aromatic carbocycles. The lowest BCUT2D eigenvalue weighted by atomic mass is 10.2. The maximum Gasteiger partial charge on any atom is 0.234 e. The smallest absolute Gasteiger partial charge is 0.234 e. The molecule has 3 aromatic rings. The molecule has 8 heteroatoms. The number of ether oxygens (including phenoxy) is 1. The number of benzene rings is 2. The van der Waals surface area contributed by atoms with Crippen LogP contribution in [-0.2, 0) is 11.3 Å². The molecular formula is C23H25ClN4O2S. The number of hydrogen-bond acceptors (Lipinski definition) is 5. The number of carbonyl (C=O) groups is 1. The van der Waals surface area contributed by atoms with Crippen molar-refractivity contribution in [2.24, 2.45) is 0 Å². The summed E-state index contributed by atoms with van der Waals surface area (Å²) in [6.45, 7) is 10.1. The Hall–Kier alpha value is -2.77.